The predicted molar refractivity (Wildman–Crippen MR) is 71.5 cm³/mol. The van der Waals surface area contributed by atoms with Crippen molar-refractivity contribution in [3.63, 3.8) is 0 Å². The van der Waals surface area contributed by atoms with Crippen LogP contribution in [0.5, 0.6) is 11.5 Å². The van der Waals surface area contributed by atoms with Crippen LogP contribution in [0.3, 0.4) is 0 Å². The molecule has 0 spiro atoms. The van der Waals surface area contributed by atoms with Gasteiger partial charge in [0.15, 0.2) is 11.5 Å². The quantitative estimate of drug-likeness (QED) is 0.916. The zero-order valence-electron chi connectivity index (χ0n) is 10.8. The Balaban J connectivity index is 2.18. The molecule has 2 N–H and O–H groups in total. The van der Waals surface area contributed by atoms with Gasteiger partial charge in [-0.05, 0) is 43.4 Å². The second kappa shape index (κ2) is 4.04. The Morgan fingerprint density at radius 2 is 2.17 bits per heavy atom. The van der Waals surface area contributed by atoms with Crippen LogP contribution >= 0.6 is 11.6 Å². The van der Waals surface area contributed by atoms with E-state index in [4.69, 9.17) is 26.8 Å². The van der Waals surface area contributed by atoms with Gasteiger partial charge in [-0.3, -0.25) is 0 Å². The molecule has 1 aliphatic heterocycles. The van der Waals surface area contributed by atoms with Crippen molar-refractivity contribution in [3.05, 3.63) is 22.2 Å². The summed E-state index contributed by atoms with van der Waals surface area (Å²) in [5, 5.41) is 0.703. The minimum atomic E-state index is 0.0932. The molecule has 3 rings (SSSR count). The van der Waals surface area contributed by atoms with E-state index >= 15 is 0 Å². The van der Waals surface area contributed by atoms with Crippen molar-refractivity contribution in [2.75, 3.05) is 6.79 Å². The third-order valence-electron chi connectivity index (χ3n) is 4.26. The van der Waals surface area contributed by atoms with Gasteiger partial charge < -0.3 is 15.2 Å². The number of hydrogen-bond donors (Lipinski definition) is 1. The zero-order valence-corrected chi connectivity index (χ0v) is 11.5. The smallest absolute Gasteiger partial charge is 0.231 e. The number of rotatable bonds is 3. The molecular formula is C14H18ClNO2. The largest absolute Gasteiger partial charge is 0.454 e. The van der Waals surface area contributed by atoms with Gasteiger partial charge in [0.1, 0.15) is 0 Å². The molecule has 1 atom stereocenters. The Labute approximate surface area is 112 Å². The Bertz CT molecular complexity index is 495. The van der Waals surface area contributed by atoms with E-state index in [2.05, 4.69) is 19.9 Å². The van der Waals surface area contributed by atoms with Crippen LogP contribution in [0.2, 0.25) is 5.02 Å². The zero-order chi connectivity index (χ0) is 12.9. The molecule has 1 heterocycles. The lowest BCUT2D eigenvalue weighted by molar-refractivity contribution is 0.174. The molecule has 0 amide bonds. The van der Waals surface area contributed by atoms with Crippen LogP contribution in [0.25, 0.3) is 0 Å². The summed E-state index contributed by atoms with van der Waals surface area (Å²) in [4.78, 5) is 0. The van der Waals surface area contributed by atoms with E-state index in [-0.39, 0.29) is 18.2 Å². The van der Waals surface area contributed by atoms with Crippen LogP contribution < -0.4 is 15.2 Å². The maximum absolute atomic E-state index is 6.45. The van der Waals surface area contributed by atoms with Crippen LogP contribution in [-0.4, -0.2) is 12.8 Å². The molecule has 1 aliphatic carbocycles. The summed E-state index contributed by atoms with van der Waals surface area (Å²) in [5.74, 6) is 1.46. The van der Waals surface area contributed by atoms with Crippen LogP contribution in [0.15, 0.2) is 6.07 Å². The van der Waals surface area contributed by atoms with E-state index in [0.29, 0.717) is 10.8 Å². The highest BCUT2D eigenvalue weighted by atomic mass is 35.5. The first-order chi connectivity index (χ1) is 8.60. The number of ether oxygens (including phenoxy) is 2. The lowest BCUT2D eigenvalue weighted by Crippen LogP contribution is -2.32. The summed E-state index contributed by atoms with van der Waals surface area (Å²) in [6, 6.07) is 2.22. The molecule has 18 heavy (non-hydrogen) atoms. The molecule has 1 saturated carbocycles. The lowest BCUT2D eigenvalue weighted by atomic mass is 9.85. The minimum Gasteiger partial charge on any atom is -0.454 e. The third-order valence-corrected chi connectivity index (χ3v) is 4.66. The van der Waals surface area contributed by atoms with Crippen LogP contribution in [0.1, 0.15) is 37.8 Å². The van der Waals surface area contributed by atoms with Crippen LogP contribution in [0, 0.1) is 0 Å². The van der Waals surface area contributed by atoms with E-state index in [0.717, 1.165) is 30.6 Å². The molecule has 0 aromatic heterocycles. The molecule has 0 saturated heterocycles. The number of benzene rings is 1. The predicted octanol–water partition coefficient (Wildman–Crippen LogP) is 3.01. The van der Waals surface area contributed by atoms with Crippen molar-refractivity contribution >= 4 is 11.6 Å². The molecule has 4 heteroatoms. The molecule has 1 aromatic rings. The minimum absolute atomic E-state index is 0.0932. The second-order valence-electron chi connectivity index (χ2n) is 5.25. The van der Waals surface area contributed by atoms with Gasteiger partial charge in [0, 0.05) is 11.5 Å². The molecule has 0 radical (unpaired) electrons. The summed E-state index contributed by atoms with van der Waals surface area (Å²) >= 11 is 6.45. The van der Waals surface area contributed by atoms with Crippen LogP contribution in [0.4, 0.5) is 0 Å². The number of halogens is 1. The summed E-state index contributed by atoms with van der Waals surface area (Å²) in [5.41, 5.74) is 8.68. The summed E-state index contributed by atoms with van der Waals surface area (Å²) < 4.78 is 10.9. The summed E-state index contributed by atoms with van der Waals surface area (Å²) in [6.45, 7) is 4.45. The van der Waals surface area contributed by atoms with Crippen LogP contribution in [-0.2, 0) is 11.8 Å². The lowest BCUT2D eigenvalue weighted by Gasteiger charge is -2.24. The first-order valence-corrected chi connectivity index (χ1v) is 6.85. The van der Waals surface area contributed by atoms with Crippen molar-refractivity contribution in [2.24, 2.45) is 5.73 Å². The van der Waals surface area contributed by atoms with Crippen molar-refractivity contribution in [1.82, 2.24) is 0 Å². The Morgan fingerprint density at radius 1 is 1.44 bits per heavy atom. The van der Waals surface area contributed by atoms with Gasteiger partial charge in [-0.25, -0.2) is 0 Å². The SMILES string of the molecule is CCc1c(C2(C(C)N)CC2)cc2c(c1Cl)OCO2. The third kappa shape index (κ3) is 1.54. The highest BCUT2D eigenvalue weighted by Gasteiger charge is 2.49. The normalized spacial score (nSPS) is 20.9. The molecule has 1 unspecified atom stereocenters. The van der Waals surface area contributed by atoms with E-state index in [1.165, 1.54) is 5.56 Å². The standard InChI is InChI=1S/C14H18ClNO2/c1-3-9-10(14(4-5-14)8(2)16)6-11-13(12(9)15)18-7-17-11/h6,8H,3-5,7,16H2,1-2H3. The van der Waals surface area contributed by atoms with Gasteiger partial charge in [0.05, 0.1) is 5.02 Å². The fraction of sp³-hybridized carbons (Fsp3) is 0.571. The van der Waals surface area contributed by atoms with Crippen molar-refractivity contribution in [3.8, 4) is 11.5 Å². The maximum atomic E-state index is 6.45. The fourth-order valence-corrected chi connectivity index (χ4v) is 3.32. The van der Waals surface area contributed by atoms with Gasteiger partial charge in [-0.15, -0.1) is 0 Å². The van der Waals surface area contributed by atoms with Gasteiger partial charge >= 0.3 is 0 Å². The van der Waals surface area contributed by atoms with E-state index < -0.39 is 0 Å². The highest BCUT2D eigenvalue weighted by Crippen LogP contribution is 2.55. The van der Waals surface area contributed by atoms with Gasteiger partial charge in [0.2, 0.25) is 6.79 Å². The average molecular weight is 268 g/mol. The van der Waals surface area contributed by atoms with Crippen molar-refractivity contribution in [1.29, 1.82) is 0 Å². The second-order valence-corrected chi connectivity index (χ2v) is 5.63. The number of nitrogens with two attached hydrogens (primary N) is 1. The number of fused-ring (bicyclic) bond motifs is 1. The average Bonchev–Trinajstić information content (AvgIpc) is 3.02. The van der Waals surface area contributed by atoms with E-state index in [1.54, 1.807) is 0 Å². The molecule has 2 aliphatic rings. The Kier molecular flexibility index (Phi) is 2.72. The summed E-state index contributed by atoms with van der Waals surface area (Å²) in [6.07, 6.45) is 3.15. The molecule has 0 bridgehead atoms. The first-order valence-electron chi connectivity index (χ1n) is 6.47. The van der Waals surface area contributed by atoms with Gasteiger partial charge in [-0.1, -0.05) is 18.5 Å². The van der Waals surface area contributed by atoms with E-state index in [1.807, 2.05) is 0 Å². The first kappa shape index (κ1) is 12.1. The molecular weight excluding hydrogens is 250 g/mol. The maximum Gasteiger partial charge on any atom is 0.231 e. The molecule has 1 fully saturated rings. The molecule has 1 aromatic carbocycles. The fourth-order valence-electron chi connectivity index (χ4n) is 2.94. The van der Waals surface area contributed by atoms with Gasteiger partial charge in [-0.2, -0.15) is 0 Å². The number of hydrogen-bond acceptors (Lipinski definition) is 3. The topological polar surface area (TPSA) is 44.5 Å². The Hall–Kier alpha value is -0.930. The molecule has 3 nitrogen and oxygen atoms in total. The highest BCUT2D eigenvalue weighted by molar-refractivity contribution is 6.33. The molecule has 98 valence electrons. The summed E-state index contributed by atoms with van der Waals surface area (Å²) in [7, 11) is 0. The monoisotopic (exact) mass is 267 g/mol. The van der Waals surface area contributed by atoms with E-state index in [9.17, 15) is 0 Å². The Morgan fingerprint density at radius 3 is 2.72 bits per heavy atom. The van der Waals surface area contributed by atoms with Crippen molar-refractivity contribution < 1.29 is 9.47 Å². The van der Waals surface area contributed by atoms with Gasteiger partial charge in [0.25, 0.3) is 0 Å². The van der Waals surface area contributed by atoms with Crippen molar-refractivity contribution in [2.45, 2.75) is 44.6 Å².